The van der Waals surface area contributed by atoms with Crippen molar-refractivity contribution >= 4 is 11.9 Å². The first-order valence-corrected chi connectivity index (χ1v) is 7.27. The molecule has 5 nitrogen and oxygen atoms in total. The van der Waals surface area contributed by atoms with E-state index in [2.05, 4.69) is 10.6 Å². The molecule has 3 N–H and O–H groups in total. The van der Waals surface area contributed by atoms with Gasteiger partial charge in [0, 0.05) is 12.5 Å². The van der Waals surface area contributed by atoms with E-state index < -0.39 is 11.5 Å². The minimum atomic E-state index is -0.829. The lowest BCUT2D eigenvalue weighted by Gasteiger charge is -2.36. The second-order valence-corrected chi connectivity index (χ2v) is 5.95. The van der Waals surface area contributed by atoms with Gasteiger partial charge >= 0.3 is 5.97 Å². The Kier molecular flexibility index (Phi) is 4.45. The summed E-state index contributed by atoms with van der Waals surface area (Å²) in [5.41, 5.74) is -0.829. The van der Waals surface area contributed by atoms with Gasteiger partial charge in [0.25, 0.3) is 0 Å². The van der Waals surface area contributed by atoms with E-state index in [4.69, 9.17) is 0 Å². The first-order valence-electron chi connectivity index (χ1n) is 7.27. The maximum absolute atomic E-state index is 12.0. The zero-order chi connectivity index (χ0) is 13.9. The van der Waals surface area contributed by atoms with Crippen LogP contribution in [0.1, 0.15) is 44.9 Å². The summed E-state index contributed by atoms with van der Waals surface area (Å²) in [7, 11) is 1.69. The number of carbonyl (C=O) groups is 2. The Hall–Kier alpha value is -1.10. The number of carboxylic acid groups (broad SMARTS) is 1. The zero-order valence-corrected chi connectivity index (χ0v) is 11.6. The van der Waals surface area contributed by atoms with Gasteiger partial charge < -0.3 is 15.7 Å². The van der Waals surface area contributed by atoms with Crippen LogP contribution in [0, 0.1) is 11.8 Å². The minimum absolute atomic E-state index is 0.0131. The van der Waals surface area contributed by atoms with Crippen LogP contribution >= 0.6 is 0 Å². The van der Waals surface area contributed by atoms with Gasteiger partial charge in [0.1, 0.15) is 5.54 Å². The van der Waals surface area contributed by atoms with Crippen LogP contribution in [0.25, 0.3) is 0 Å². The summed E-state index contributed by atoms with van der Waals surface area (Å²) in [4.78, 5) is 23.3. The molecule has 2 fully saturated rings. The molecule has 2 aliphatic rings. The number of aliphatic carboxylic acids is 1. The van der Waals surface area contributed by atoms with Crippen LogP contribution < -0.4 is 10.6 Å². The van der Waals surface area contributed by atoms with Crippen molar-refractivity contribution in [1.82, 2.24) is 10.6 Å². The van der Waals surface area contributed by atoms with Crippen LogP contribution in [-0.2, 0) is 9.59 Å². The Balaban J connectivity index is 1.78. The molecule has 0 radical (unpaired) electrons. The Bertz CT molecular complexity index is 345. The van der Waals surface area contributed by atoms with Gasteiger partial charge in [-0.15, -0.1) is 0 Å². The highest BCUT2D eigenvalue weighted by atomic mass is 16.4. The normalized spacial score (nSPS) is 31.5. The highest BCUT2D eigenvalue weighted by Crippen LogP contribution is 2.32. The monoisotopic (exact) mass is 268 g/mol. The summed E-state index contributed by atoms with van der Waals surface area (Å²) in [5.74, 6) is -0.0332. The molecule has 5 heteroatoms. The number of hydrogen-bond acceptors (Lipinski definition) is 3. The highest BCUT2D eigenvalue weighted by Gasteiger charge is 2.42. The number of rotatable bonds is 5. The van der Waals surface area contributed by atoms with Gasteiger partial charge in [-0.25, -0.2) is 0 Å². The van der Waals surface area contributed by atoms with Crippen molar-refractivity contribution in [3.63, 3.8) is 0 Å². The molecule has 108 valence electrons. The third kappa shape index (κ3) is 3.08. The molecular formula is C14H24N2O3. The molecule has 0 aromatic carbocycles. The van der Waals surface area contributed by atoms with E-state index in [9.17, 15) is 14.7 Å². The maximum Gasteiger partial charge on any atom is 0.323 e. The number of hydrogen-bond donors (Lipinski definition) is 3. The second-order valence-electron chi connectivity index (χ2n) is 5.95. The van der Waals surface area contributed by atoms with Crippen molar-refractivity contribution in [3.8, 4) is 0 Å². The third-order valence-corrected chi connectivity index (χ3v) is 4.89. The maximum atomic E-state index is 12.0. The third-order valence-electron chi connectivity index (χ3n) is 4.89. The minimum Gasteiger partial charge on any atom is -0.480 e. The van der Waals surface area contributed by atoms with E-state index in [1.54, 1.807) is 7.05 Å². The standard InChI is InChI=1S/C14H24N2O3/c1-15-14(13(18)19)7-5-11(6-8-14)12(17)16-9-10-3-2-4-10/h10-11,15H,2-9H2,1H3,(H,16,17)(H,18,19). The van der Waals surface area contributed by atoms with Gasteiger partial charge in [-0.05, 0) is 51.5 Å². The molecule has 0 atom stereocenters. The molecule has 0 aromatic rings. The second kappa shape index (κ2) is 5.90. The molecule has 0 aliphatic heterocycles. The van der Waals surface area contributed by atoms with Gasteiger partial charge in [0.2, 0.25) is 5.91 Å². The van der Waals surface area contributed by atoms with Crippen LogP contribution in [0.5, 0.6) is 0 Å². The van der Waals surface area contributed by atoms with Crippen LogP contribution in [0.2, 0.25) is 0 Å². The molecule has 2 rings (SSSR count). The van der Waals surface area contributed by atoms with E-state index in [0.29, 0.717) is 31.6 Å². The summed E-state index contributed by atoms with van der Waals surface area (Å²) in [6, 6.07) is 0. The van der Waals surface area contributed by atoms with Crippen molar-refractivity contribution in [2.45, 2.75) is 50.5 Å². The zero-order valence-electron chi connectivity index (χ0n) is 11.6. The van der Waals surface area contributed by atoms with Crippen molar-refractivity contribution in [2.75, 3.05) is 13.6 Å². The topological polar surface area (TPSA) is 78.4 Å². The molecule has 0 unspecified atom stereocenters. The lowest BCUT2D eigenvalue weighted by molar-refractivity contribution is -0.147. The fraction of sp³-hybridized carbons (Fsp3) is 0.857. The van der Waals surface area contributed by atoms with Gasteiger partial charge in [-0.2, -0.15) is 0 Å². The van der Waals surface area contributed by atoms with Gasteiger partial charge in [0.15, 0.2) is 0 Å². The molecular weight excluding hydrogens is 244 g/mol. The lowest BCUT2D eigenvalue weighted by Crippen LogP contribution is -2.53. The summed E-state index contributed by atoms with van der Waals surface area (Å²) in [6.45, 7) is 0.797. The van der Waals surface area contributed by atoms with Crippen molar-refractivity contribution in [1.29, 1.82) is 0 Å². The van der Waals surface area contributed by atoms with E-state index >= 15 is 0 Å². The van der Waals surface area contributed by atoms with Crippen LogP contribution in [-0.4, -0.2) is 36.1 Å². The molecule has 0 saturated heterocycles. The predicted molar refractivity (Wildman–Crippen MR) is 71.7 cm³/mol. The molecule has 19 heavy (non-hydrogen) atoms. The SMILES string of the molecule is CNC1(C(=O)O)CCC(C(=O)NCC2CCC2)CC1. The summed E-state index contributed by atoms with van der Waals surface area (Å²) in [5, 5.41) is 15.2. The number of amides is 1. The van der Waals surface area contributed by atoms with Crippen LogP contribution in [0.3, 0.4) is 0 Å². The van der Waals surface area contributed by atoms with E-state index in [0.717, 1.165) is 6.54 Å². The first kappa shape index (κ1) is 14.3. The summed E-state index contributed by atoms with van der Waals surface area (Å²) < 4.78 is 0. The highest BCUT2D eigenvalue weighted by molar-refractivity contribution is 5.81. The quantitative estimate of drug-likeness (QED) is 0.698. The van der Waals surface area contributed by atoms with Gasteiger partial charge in [-0.1, -0.05) is 6.42 Å². The fourth-order valence-corrected chi connectivity index (χ4v) is 3.03. The van der Waals surface area contributed by atoms with E-state index in [1.807, 2.05) is 0 Å². The molecule has 2 saturated carbocycles. The molecule has 0 aromatic heterocycles. The molecule has 1 amide bonds. The number of likely N-dealkylation sites (N-methyl/N-ethyl adjacent to an activating group) is 1. The Morgan fingerprint density at radius 3 is 2.26 bits per heavy atom. The fourth-order valence-electron chi connectivity index (χ4n) is 3.03. The Labute approximate surface area is 114 Å². The lowest BCUT2D eigenvalue weighted by atomic mass is 9.76. The molecule has 2 aliphatic carbocycles. The van der Waals surface area contributed by atoms with Gasteiger partial charge in [0.05, 0.1) is 0 Å². The van der Waals surface area contributed by atoms with Gasteiger partial charge in [-0.3, -0.25) is 9.59 Å². The van der Waals surface area contributed by atoms with E-state index in [1.165, 1.54) is 19.3 Å². The average Bonchev–Trinajstić information content (AvgIpc) is 2.36. The predicted octanol–water partition coefficient (Wildman–Crippen LogP) is 1.14. The van der Waals surface area contributed by atoms with Crippen molar-refractivity contribution in [2.24, 2.45) is 11.8 Å². The largest absolute Gasteiger partial charge is 0.480 e. The smallest absolute Gasteiger partial charge is 0.323 e. The average molecular weight is 268 g/mol. The molecule has 0 bridgehead atoms. The number of nitrogens with one attached hydrogen (secondary N) is 2. The van der Waals surface area contributed by atoms with E-state index in [-0.39, 0.29) is 11.8 Å². The summed E-state index contributed by atoms with van der Waals surface area (Å²) >= 11 is 0. The van der Waals surface area contributed by atoms with Crippen molar-refractivity contribution < 1.29 is 14.7 Å². The molecule has 0 heterocycles. The Morgan fingerprint density at radius 1 is 1.21 bits per heavy atom. The molecule has 0 spiro atoms. The van der Waals surface area contributed by atoms with Crippen LogP contribution in [0.15, 0.2) is 0 Å². The summed E-state index contributed by atoms with van der Waals surface area (Å²) in [6.07, 6.45) is 6.11. The first-order chi connectivity index (χ1) is 9.07. The Morgan fingerprint density at radius 2 is 1.84 bits per heavy atom. The van der Waals surface area contributed by atoms with Crippen LogP contribution in [0.4, 0.5) is 0 Å². The number of carboxylic acids is 1. The van der Waals surface area contributed by atoms with Crippen molar-refractivity contribution in [3.05, 3.63) is 0 Å². The number of carbonyl (C=O) groups excluding carboxylic acids is 1.